The molecule has 1 heterocycles. The summed E-state index contributed by atoms with van der Waals surface area (Å²) in [5.41, 5.74) is 0.815. The summed E-state index contributed by atoms with van der Waals surface area (Å²) in [7, 11) is 0. The Morgan fingerprint density at radius 2 is 1.58 bits per heavy atom. The van der Waals surface area contributed by atoms with Crippen LogP contribution in [0.25, 0.3) is 0 Å². The number of halogens is 2. The second-order valence-corrected chi connectivity index (χ2v) is 5.65. The Morgan fingerprint density at radius 3 is 2.31 bits per heavy atom. The highest BCUT2D eigenvalue weighted by atomic mass is 19.1. The number of hydrogen-bond acceptors (Lipinski definition) is 4. The Labute approximate surface area is 148 Å². The summed E-state index contributed by atoms with van der Waals surface area (Å²) < 4.78 is 32.1. The normalized spacial score (nSPS) is 14.0. The van der Waals surface area contributed by atoms with E-state index in [9.17, 15) is 18.4 Å². The summed E-state index contributed by atoms with van der Waals surface area (Å²) in [4.78, 5) is 26.2. The number of rotatable bonds is 3. The molecular weight excluding hydrogens is 344 g/mol. The predicted octanol–water partition coefficient (Wildman–Crippen LogP) is 2.38. The number of nitrogens with zero attached hydrogens (tertiary/aromatic N) is 1. The Morgan fingerprint density at radius 1 is 0.923 bits per heavy atom. The summed E-state index contributed by atoms with van der Waals surface area (Å²) in [6.07, 6.45) is 0. The van der Waals surface area contributed by atoms with E-state index in [-0.39, 0.29) is 0 Å². The van der Waals surface area contributed by atoms with Crippen molar-refractivity contribution in [3.05, 3.63) is 54.1 Å². The Kier molecular flexibility index (Phi) is 5.43. The molecule has 0 bridgehead atoms. The van der Waals surface area contributed by atoms with Crippen molar-refractivity contribution in [2.24, 2.45) is 0 Å². The third-order valence-electron chi connectivity index (χ3n) is 3.89. The van der Waals surface area contributed by atoms with Crippen LogP contribution in [0.15, 0.2) is 42.5 Å². The Bertz CT molecular complexity index is 823. The molecule has 0 radical (unpaired) electrons. The van der Waals surface area contributed by atoms with E-state index in [0.717, 1.165) is 23.9 Å². The summed E-state index contributed by atoms with van der Waals surface area (Å²) in [6, 6.07) is 9.64. The van der Waals surface area contributed by atoms with E-state index in [0.29, 0.717) is 32.0 Å². The molecule has 0 atom stereocenters. The average molecular weight is 361 g/mol. The molecular formula is C18H17F2N3O3. The highest BCUT2D eigenvalue weighted by molar-refractivity contribution is 6.43. The fraction of sp³-hybridized carbons (Fsp3) is 0.222. The van der Waals surface area contributed by atoms with Gasteiger partial charge in [0, 0.05) is 19.2 Å². The van der Waals surface area contributed by atoms with Crippen LogP contribution in [0.3, 0.4) is 0 Å². The zero-order chi connectivity index (χ0) is 18.5. The number of carbonyl (C=O) groups excluding carboxylic acids is 2. The minimum Gasteiger partial charge on any atom is -0.378 e. The van der Waals surface area contributed by atoms with Crippen molar-refractivity contribution < 1.29 is 23.1 Å². The lowest BCUT2D eigenvalue weighted by Gasteiger charge is -2.30. The summed E-state index contributed by atoms with van der Waals surface area (Å²) in [6.45, 7) is 2.46. The maximum atomic E-state index is 13.6. The van der Waals surface area contributed by atoms with E-state index in [1.165, 1.54) is 0 Å². The van der Waals surface area contributed by atoms with Crippen molar-refractivity contribution in [3.8, 4) is 0 Å². The van der Waals surface area contributed by atoms with Gasteiger partial charge in [-0.05, 0) is 24.3 Å². The van der Waals surface area contributed by atoms with E-state index in [4.69, 9.17) is 4.74 Å². The second-order valence-electron chi connectivity index (χ2n) is 5.65. The molecule has 0 saturated carbocycles. The van der Waals surface area contributed by atoms with Gasteiger partial charge in [0.05, 0.1) is 30.3 Å². The van der Waals surface area contributed by atoms with Gasteiger partial charge in [0.15, 0.2) is 0 Å². The first-order chi connectivity index (χ1) is 12.5. The van der Waals surface area contributed by atoms with Gasteiger partial charge >= 0.3 is 11.8 Å². The monoisotopic (exact) mass is 361 g/mol. The van der Waals surface area contributed by atoms with Crippen LogP contribution in [0, 0.1) is 11.6 Å². The molecule has 1 aliphatic heterocycles. The molecule has 0 aliphatic carbocycles. The van der Waals surface area contributed by atoms with Crippen LogP contribution in [0.1, 0.15) is 0 Å². The standard InChI is InChI=1S/C18H17F2N3O3/c19-12-5-6-13(20)15(11-12)22-18(25)17(24)21-14-3-1-2-4-16(14)23-7-9-26-10-8-23/h1-6,11H,7-10H2,(H,21,24)(H,22,25). The minimum absolute atomic E-state index is 0.397. The molecule has 0 unspecified atom stereocenters. The van der Waals surface area contributed by atoms with Crippen LogP contribution in [0.2, 0.25) is 0 Å². The number of benzene rings is 2. The first-order valence-electron chi connectivity index (χ1n) is 8.04. The molecule has 1 aliphatic rings. The average Bonchev–Trinajstić information content (AvgIpc) is 2.66. The van der Waals surface area contributed by atoms with E-state index < -0.39 is 29.1 Å². The van der Waals surface area contributed by atoms with Gasteiger partial charge in [0.25, 0.3) is 0 Å². The van der Waals surface area contributed by atoms with Crippen molar-refractivity contribution in [1.82, 2.24) is 0 Å². The topological polar surface area (TPSA) is 70.7 Å². The molecule has 26 heavy (non-hydrogen) atoms. The van der Waals surface area contributed by atoms with E-state index in [1.807, 2.05) is 17.0 Å². The zero-order valence-electron chi connectivity index (χ0n) is 13.8. The van der Waals surface area contributed by atoms with Gasteiger partial charge in [-0.15, -0.1) is 0 Å². The largest absolute Gasteiger partial charge is 0.378 e. The van der Waals surface area contributed by atoms with Gasteiger partial charge < -0.3 is 20.3 Å². The lowest BCUT2D eigenvalue weighted by Crippen LogP contribution is -2.37. The van der Waals surface area contributed by atoms with Crippen molar-refractivity contribution in [2.45, 2.75) is 0 Å². The number of morpholine rings is 1. The van der Waals surface area contributed by atoms with Crippen LogP contribution in [-0.2, 0) is 14.3 Å². The van der Waals surface area contributed by atoms with Crippen molar-refractivity contribution >= 4 is 28.9 Å². The fourth-order valence-corrected chi connectivity index (χ4v) is 2.61. The maximum Gasteiger partial charge on any atom is 0.314 e. The fourth-order valence-electron chi connectivity index (χ4n) is 2.61. The first-order valence-corrected chi connectivity index (χ1v) is 8.04. The SMILES string of the molecule is O=C(Nc1cc(F)ccc1F)C(=O)Nc1ccccc1N1CCOCC1. The molecule has 2 N–H and O–H groups in total. The third-order valence-corrected chi connectivity index (χ3v) is 3.89. The van der Waals surface area contributed by atoms with Crippen LogP contribution in [0.4, 0.5) is 25.8 Å². The highest BCUT2D eigenvalue weighted by Crippen LogP contribution is 2.26. The lowest BCUT2D eigenvalue weighted by atomic mass is 10.2. The number of amides is 2. The second kappa shape index (κ2) is 7.92. The van der Waals surface area contributed by atoms with Gasteiger partial charge in [-0.3, -0.25) is 9.59 Å². The molecule has 8 heteroatoms. The van der Waals surface area contributed by atoms with Gasteiger partial charge in [-0.25, -0.2) is 8.78 Å². The number of anilines is 3. The molecule has 2 aromatic rings. The highest BCUT2D eigenvalue weighted by Gasteiger charge is 2.20. The molecule has 1 fully saturated rings. The molecule has 0 aromatic heterocycles. The lowest BCUT2D eigenvalue weighted by molar-refractivity contribution is -0.133. The van der Waals surface area contributed by atoms with Gasteiger partial charge in [0.1, 0.15) is 11.6 Å². The number of para-hydroxylation sites is 2. The molecule has 1 saturated heterocycles. The molecule has 0 spiro atoms. The number of hydrogen-bond donors (Lipinski definition) is 2. The maximum absolute atomic E-state index is 13.6. The molecule has 2 amide bonds. The summed E-state index contributed by atoms with van der Waals surface area (Å²) in [5.74, 6) is -3.62. The smallest absolute Gasteiger partial charge is 0.314 e. The van der Waals surface area contributed by atoms with E-state index in [2.05, 4.69) is 10.6 Å². The third kappa shape index (κ3) is 4.15. The van der Waals surface area contributed by atoms with Crippen molar-refractivity contribution in [3.63, 3.8) is 0 Å². The van der Waals surface area contributed by atoms with Crippen LogP contribution in [-0.4, -0.2) is 38.1 Å². The zero-order valence-corrected chi connectivity index (χ0v) is 13.8. The minimum atomic E-state index is -1.09. The molecule has 136 valence electrons. The van der Waals surface area contributed by atoms with Crippen LogP contribution >= 0.6 is 0 Å². The van der Waals surface area contributed by atoms with Gasteiger partial charge in [-0.2, -0.15) is 0 Å². The van der Waals surface area contributed by atoms with Gasteiger partial charge in [-0.1, -0.05) is 12.1 Å². The van der Waals surface area contributed by atoms with Crippen molar-refractivity contribution in [1.29, 1.82) is 0 Å². The van der Waals surface area contributed by atoms with E-state index in [1.54, 1.807) is 12.1 Å². The van der Waals surface area contributed by atoms with Gasteiger partial charge in [0.2, 0.25) is 0 Å². The number of carbonyl (C=O) groups is 2. The predicted molar refractivity (Wildman–Crippen MR) is 93.1 cm³/mol. The first kappa shape index (κ1) is 17.8. The Hall–Kier alpha value is -3.00. The van der Waals surface area contributed by atoms with Crippen LogP contribution < -0.4 is 15.5 Å². The van der Waals surface area contributed by atoms with E-state index >= 15 is 0 Å². The summed E-state index contributed by atoms with van der Waals surface area (Å²) in [5, 5.41) is 4.58. The van der Waals surface area contributed by atoms with Crippen molar-refractivity contribution in [2.75, 3.05) is 41.8 Å². The summed E-state index contributed by atoms with van der Waals surface area (Å²) >= 11 is 0. The molecule has 3 rings (SSSR count). The molecule has 2 aromatic carbocycles. The van der Waals surface area contributed by atoms with Crippen LogP contribution in [0.5, 0.6) is 0 Å². The Balaban J connectivity index is 1.71. The number of ether oxygens (including phenoxy) is 1. The molecule has 6 nitrogen and oxygen atoms in total. The number of nitrogens with one attached hydrogen (secondary N) is 2. The quantitative estimate of drug-likeness (QED) is 0.824.